The van der Waals surface area contributed by atoms with Crippen molar-refractivity contribution in [2.75, 3.05) is 26.2 Å². The highest BCUT2D eigenvalue weighted by Crippen LogP contribution is 2.16. The van der Waals surface area contributed by atoms with Crippen molar-refractivity contribution in [2.24, 2.45) is 5.92 Å². The topological polar surface area (TPSA) is 52.6 Å². The summed E-state index contributed by atoms with van der Waals surface area (Å²) in [5.41, 5.74) is 0. The van der Waals surface area contributed by atoms with E-state index in [9.17, 15) is 4.79 Å². The molecule has 1 aliphatic heterocycles. The summed E-state index contributed by atoms with van der Waals surface area (Å²) in [5, 5.41) is 11.9. The maximum Gasteiger partial charge on any atom is 0.219 e. The zero-order valence-electron chi connectivity index (χ0n) is 8.99. The molecule has 0 bridgehead atoms. The van der Waals surface area contributed by atoms with Gasteiger partial charge in [0.25, 0.3) is 0 Å². The molecule has 1 saturated heterocycles. The van der Waals surface area contributed by atoms with Crippen LogP contribution >= 0.6 is 0 Å². The van der Waals surface area contributed by atoms with Gasteiger partial charge in [-0.3, -0.25) is 4.79 Å². The van der Waals surface area contributed by atoms with E-state index in [4.69, 9.17) is 5.11 Å². The first-order chi connectivity index (χ1) is 6.63. The van der Waals surface area contributed by atoms with Gasteiger partial charge in [0.2, 0.25) is 5.91 Å². The monoisotopic (exact) mass is 200 g/mol. The van der Waals surface area contributed by atoms with Crippen molar-refractivity contribution in [1.82, 2.24) is 10.2 Å². The fourth-order valence-corrected chi connectivity index (χ4v) is 2.03. The van der Waals surface area contributed by atoms with E-state index in [1.807, 2.05) is 4.90 Å². The molecule has 1 heterocycles. The number of amides is 1. The highest BCUT2D eigenvalue weighted by Gasteiger charge is 2.25. The van der Waals surface area contributed by atoms with Crippen LogP contribution in [0.25, 0.3) is 0 Å². The van der Waals surface area contributed by atoms with Gasteiger partial charge in [-0.2, -0.15) is 0 Å². The van der Waals surface area contributed by atoms with Crippen LogP contribution in [0.4, 0.5) is 0 Å². The molecule has 4 heteroatoms. The molecule has 1 rings (SSSR count). The quantitative estimate of drug-likeness (QED) is 0.665. The molecule has 1 fully saturated rings. The molecule has 2 N–H and O–H groups in total. The van der Waals surface area contributed by atoms with Gasteiger partial charge < -0.3 is 15.3 Å². The van der Waals surface area contributed by atoms with Gasteiger partial charge in [-0.05, 0) is 12.3 Å². The summed E-state index contributed by atoms with van der Waals surface area (Å²) < 4.78 is 0. The van der Waals surface area contributed by atoms with Crippen LogP contribution in [-0.4, -0.2) is 48.2 Å². The Morgan fingerprint density at radius 3 is 2.86 bits per heavy atom. The number of likely N-dealkylation sites (tertiary alicyclic amines) is 1. The molecule has 4 nitrogen and oxygen atoms in total. The zero-order valence-corrected chi connectivity index (χ0v) is 8.99. The predicted octanol–water partition coefficient (Wildman–Crippen LogP) is -0.175. The van der Waals surface area contributed by atoms with Gasteiger partial charge in [0, 0.05) is 32.6 Å². The molecular weight excluding hydrogens is 180 g/mol. The molecule has 14 heavy (non-hydrogen) atoms. The Labute approximate surface area is 85.3 Å². The summed E-state index contributed by atoms with van der Waals surface area (Å²) in [6.45, 7) is 6.18. The second-order valence-electron chi connectivity index (χ2n) is 4.14. The summed E-state index contributed by atoms with van der Waals surface area (Å²) in [7, 11) is 0. The van der Waals surface area contributed by atoms with Crippen molar-refractivity contribution in [3.63, 3.8) is 0 Å². The number of nitrogens with zero attached hydrogens (tertiary/aromatic N) is 1. The molecule has 82 valence electrons. The summed E-state index contributed by atoms with van der Waals surface area (Å²) in [4.78, 5) is 13.1. The Morgan fingerprint density at radius 1 is 1.57 bits per heavy atom. The molecule has 2 unspecified atom stereocenters. The number of aliphatic hydroxyl groups excluding tert-OH is 1. The van der Waals surface area contributed by atoms with Gasteiger partial charge in [-0.1, -0.05) is 6.92 Å². The minimum atomic E-state index is 0.146. The zero-order chi connectivity index (χ0) is 10.6. The maximum absolute atomic E-state index is 11.2. The van der Waals surface area contributed by atoms with Crippen molar-refractivity contribution < 1.29 is 9.90 Å². The Morgan fingerprint density at radius 2 is 2.29 bits per heavy atom. The number of piperidine rings is 1. The summed E-state index contributed by atoms with van der Waals surface area (Å²) in [6.07, 6.45) is 1.09. The van der Waals surface area contributed by atoms with Crippen molar-refractivity contribution >= 4 is 5.91 Å². The van der Waals surface area contributed by atoms with Crippen LogP contribution < -0.4 is 5.32 Å². The first-order valence-corrected chi connectivity index (χ1v) is 5.23. The third-order valence-electron chi connectivity index (χ3n) is 2.65. The second-order valence-corrected chi connectivity index (χ2v) is 4.14. The van der Waals surface area contributed by atoms with Crippen LogP contribution in [0.2, 0.25) is 0 Å². The maximum atomic E-state index is 11.2. The lowest BCUT2D eigenvalue weighted by molar-refractivity contribution is -0.131. The number of rotatable bonds is 3. The Kier molecular flexibility index (Phi) is 4.35. The van der Waals surface area contributed by atoms with Crippen LogP contribution in [-0.2, 0) is 4.79 Å². The Bertz CT molecular complexity index is 197. The lowest BCUT2D eigenvalue weighted by Gasteiger charge is -2.36. The van der Waals surface area contributed by atoms with E-state index in [0.29, 0.717) is 18.5 Å². The minimum Gasteiger partial charge on any atom is -0.395 e. The van der Waals surface area contributed by atoms with Crippen molar-refractivity contribution in [1.29, 1.82) is 0 Å². The third kappa shape index (κ3) is 3.27. The second kappa shape index (κ2) is 5.32. The van der Waals surface area contributed by atoms with Gasteiger partial charge in [-0.25, -0.2) is 0 Å². The summed E-state index contributed by atoms with van der Waals surface area (Å²) in [6, 6.07) is 0.342. The van der Waals surface area contributed by atoms with Crippen molar-refractivity contribution in [2.45, 2.75) is 26.3 Å². The van der Waals surface area contributed by atoms with E-state index < -0.39 is 0 Å². The Hall–Kier alpha value is -0.610. The van der Waals surface area contributed by atoms with E-state index in [1.54, 1.807) is 6.92 Å². The highest BCUT2D eigenvalue weighted by atomic mass is 16.3. The van der Waals surface area contributed by atoms with E-state index in [2.05, 4.69) is 12.2 Å². The van der Waals surface area contributed by atoms with Crippen LogP contribution in [0, 0.1) is 5.92 Å². The minimum absolute atomic E-state index is 0.146. The van der Waals surface area contributed by atoms with E-state index in [0.717, 1.165) is 19.5 Å². The van der Waals surface area contributed by atoms with E-state index in [1.165, 1.54) is 0 Å². The number of carbonyl (C=O) groups excluding carboxylic acids is 1. The summed E-state index contributed by atoms with van der Waals surface area (Å²) >= 11 is 0. The number of nitrogens with one attached hydrogen (secondary N) is 1. The van der Waals surface area contributed by atoms with E-state index in [-0.39, 0.29) is 12.5 Å². The average Bonchev–Trinajstić information content (AvgIpc) is 2.14. The standard InChI is InChI=1S/C10H20N2O2/c1-8-5-10(11-3-4-13)7-12(6-8)9(2)14/h8,10-11,13H,3-7H2,1-2H3. The number of aliphatic hydroxyl groups is 1. The third-order valence-corrected chi connectivity index (χ3v) is 2.65. The first-order valence-electron chi connectivity index (χ1n) is 5.23. The van der Waals surface area contributed by atoms with Crippen LogP contribution in [0.1, 0.15) is 20.3 Å². The lowest BCUT2D eigenvalue weighted by Crippen LogP contribution is -2.50. The normalized spacial score (nSPS) is 27.8. The first kappa shape index (κ1) is 11.5. The number of carbonyl (C=O) groups is 1. The van der Waals surface area contributed by atoms with E-state index >= 15 is 0 Å². The average molecular weight is 200 g/mol. The molecule has 0 aromatic carbocycles. The molecule has 1 aliphatic rings. The van der Waals surface area contributed by atoms with Gasteiger partial charge in [0.05, 0.1) is 6.61 Å². The molecule has 0 aromatic heterocycles. The Balaban J connectivity index is 2.41. The highest BCUT2D eigenvalue weighted by molar-refractivity contribution is 5.73. The summed E-state index contributed by atoms with van der Waals surface area (Å²) in [5.74, 6) is 0.691. The molecule has 0 spiro atoms. The fourth-order valence-electron chi connectivity index (χ4n) is 2.03. The number of hydrogen-bond acceptors (Lipinski definition) is 3. The molecular formula is C10H20N2O2. The number of hydrogen-bond donors (Lipinski definition) is 2. The molecule has 1 amide bonds. The van der Waals surface area contributed by atoms with Crippen LogP contribution in [0.15, 0.2) is 0 Å². The fraction of sp³-hybridized carbons (Fsp3) is 0.900. The SMILES string of the molecule is CC(=O)N1CC(C)CC(NCCO)C1. The van der Waals surface area contributed by atoms with Gasteiger partial charge in [0.1, 0.15) is 0 Å². The van der Waals surface area contributed by atoms with Gasteiger partial charge >= 0.3 is 0 Å². The van der Waals surface area contributed by atoms with Gasteiger partial charge in [0.15, 0.2) is 0 Å². The van der Waals surface area contributed by atoms with Gasteiger partial charge in [-0.15, -0.1) is 0 Å². The smallest absolute Gasteiger partial charge is 0.219 e. The molecule has 0 aromatic rings. The molecule has 0 radical (unpaired) electrons. The van der Waals surface area contributed by atoms with Crippen molar-refractivity contribution in [3.8, 4) is 0 Å². The van der Waals surface area contributed by atoms with Crippen LogP contribution in [0.3, 0.4) is 0 Å². The molecule has 0 saturated carbocycles. The largest absolute Gasteiger partial charge is 0.395 e. The van der Waals surface area contributed by atoms with Crippen molar-refractivity contribution in [3.05, 3.63) is 0 Å². The van der Waals surface area contributed by atoms with Crippen LogP contribution in [0.5, 0.6) is 0 Å². The molecule has 2 atom stereocenters. The molecule has 0 aliphatic carbocycles. The lowest BCUT2D eigenvalue weighted by atomic mass is 9.96. The predicted molar refractivity (Wildman–Crippen MR) is 54.9 cm³/mol.